The van der Waals surface area contributed by atoms with Crippen molar-refractivity contribution in [2.45, 2.75) is 58.2 Å². The van der Waals surface area contributed by atoms with Crippen molar-refractivity contribution in [1.82, 2.24) is 15.2 Å². The maximum Gasteiger partial charge on any atom is 0.407 e. The molecular weight excluding hydrogens is 342 g/mol. The summed E-state index contributed by atoms with van der Waals surface area (Å²) in [6.07, 6.45) is 2.84. The number of benzene rings is 1. The van der Waals surface area contributed by atoms with Crippen LogP contribution in [-0.2, 0) is 11.3 Å². The lowest BCUT2D eigenvalue weighted by Gasteiger charge is -2.35. The van der Waals surface area contributed by atoms with Crippen LogP contribution < -0.4 is 10.9 Å². The molecule has 1 aromatic heterocycles. The summed E-state index contributed by atoms with van der Waals surface area (Å²) in [4.78, 5) is 29.7. The van der Waals surface area contributed by atoms with Gasteiger partial charge in [-0.15, -0.1) is 0 Å². The first-order chi connectivity index (χ1) is 12.8. The Morgan fingerprint density at radius 3 is 2.85 bits per heavy atom. The van der Waals surface area contributed by atoms with Gasteiger partial charge in [0.25, 0.3) is 5.56 Å². The second kappa shape index (κ2) is 8.13. The van der Waals surface area contributed by atoms with Gasteiger partial charge in [-0.3, -0.25) is 9.69 Å². The normalized spacial score (nSPS) is 18.4. The molecule has 1 aliphatic rings. The average Bonchev–Trinajstić information content (AvgIpc) is 2.60. The molecule has 1 saturated heterocycles. The van der Waals surface area contributed by atoms with Crippen LogP contribution in [0.4, 0.5) is 4.79 Å². The number of nitrogens with one attached hydrogen (secondary N) is 2. The summed E-state index contributed by atoms with van der Waals surface area (Å²) < 4.78 is 5.33. The highest BCUT2D eigenvalue weighted by Crippen LogP contribution is 2.20. The second-order valence-electron chi connectivity index (χ2n) is 8.21. The quantitative estimate of drug-likeness (QED) is 0.864. The number of piperidine rings is 1. The van der Waals surface area contributed by atoms with Crippen molar-refractivity contribution in [2.24, 2.45) is 0 Å². The predicted octanol–water partition coefficient (Wildman–Crippen LogP) is 3.41. The molecule has 2 aromatic rings. The summed E-state index contributed by atoms with van der Waals surface area (Å²) in [5.41, 5.74) is 1.07. The summed E-state index contributed by atoms with van der Waals surface area (Å²) in [6, 6.07) is 9.99. The van der Waals surface area contributed by atoms with Gasteiger partial charge in [-0.2, -0.15) is 0 Å². The molecule has 6 heteroatoms. The minimum absolute atomic E-state index is 0.0434. The number of amides is 1. The summed E-state index contributed by atoms with van der Waals surface area (Å²) in [7, 11) is 0. The first-order valence-electron chi connectivity index (χ1n) is 9.64. The van der Waals surface area contributed by atoms with E-state index >= 15 is 0 Å². The SMILES string of the molecule is CC(C)(C)OC(=O)NCC1CCCCN1Cc1cc2ccccc2[nH]c1=O. The number of para-hydroxylation sites is 1. The number of carbonyl (C=O) groups excluding carboxylic acids is 1. The van der Waals surface area contributed by atoms with Gasteiger partial charge in [-0.05, 0) is 57.7 Å². The number of ether oxygens (including phenoxy) is 1. The summed E-state index contributed by atoms with van der Waals surface area (Å²) >= 11 is 0. The topological polar surface area (TPSA) is 74.4 Å². The number of likely N-dealkylation sites (tertiary alicyclic amines) is 1. The molecule has 1 unspecified atom stereocenters. The molecule has 27 heavy (non-hydrogen) atoms. The lowest BCUT2D eigenvalue weighted by molar-refractivity contribution is 0.0492. The van der Waals surface area contributed by atoms with E-state index in [-0.39, 0.29) is 11.6 Å². The molecule has 1 fully saturated rings. The van der Waals surface area contributed by atoms with E-state index in [1.807, 2.05) is 51.1 Å². The number of fused-ring (bicyclic) bond motifs is 1. The summed E-state index contributed by atoms with van der Waals surface area (Å²) in [6.45, 7) is 7.59. The fourth-order valence-corrected chi connectivity index (χ4v) is 3.54. The third-order valence-electron chi connectivity index (χ3n) is 4.83. The van der Waals surface area contributed by atoms with Gasteiger partial charge < -0.3 is 15.0 Å². The number of pyridine rings is 1. The summed E-state index contributed by atoms with van der Waals surface area (Å²) in [5.74, 6) is 0. The average molecular weight is 371 g/mol. The molecule has 0 spiro atoms. The Bertz CT molecular complexity index is 854. The predicted molar refractivity (Wildman–Crippen MR) is 107 cm³/mol. The lowest BCUT2D eigenvalue weighted by Crippen LogP contribution is -2.47. The Morgan fingerprint density at radius 1 is 1.30 bits per heavy atom. The van der Waals surface area contributed by atoms with E-state index in [0.29, 0.717) is 13.1 Å². The Kier molecular flexibility index (Phi) is 5.85. The van der Waals surface area contributed by atoms with E-state index in [2.05, 4.69) is 15.2 Å². The van der Waals surface area contributed by atoms with Crippen molar-refractivity contribution in [1.29, 1.82) is 0 Å². The highest BCUT2D eigenvalue weighted by atomic mass is 16.6. The van der Waals surface area contributed by atoms with Crippen LogP contribution in [0.25, 0.3) is 10.9 Å². The van der Waals surface area contributed by atoms with Crippen LogP contribution in [0.3, 0.4) is 0 Å². The number of alkyl carbamates (subject to hydrolysis) is 1. The van der Waals surface area contributed by atoms with Crippen molar-refractivity contribution in [3.63, 3.8) is 0 Å². The van der Waals surface area contributed by atoms with Crippen LogP contribution in [0.1, 0.15) is 45.6 Å². The van der Waals surface area contributed by atoms with E-state index in [1.54, 1.807) is 0 Å². The number of rotatable bonds is 4. The fourth-order valence-electron chi connectivity index (χ4n) is 3.54. The molecule has 1 atom stereocenters. The van der Waals surface area contributed by atoms with E-state index in [1.165, 1.54) is 0 Å². The number of aromatic amines is 1. The monoisotopic (exact) mass is 371 g/mol. The Hall–Kier alpha value is -2.34. The number of hydrogen-bond acceptors (Lipinski definition) is 4. The first kappa shape index (κ1) is 19.4. The van der Waals surface area contributed by atoms with Crippen molar-refractivity contribution >= 4 is 17.0 Å². The third-order valence-corrected chi connectivity index (χ3v) is 4.83. The Balaban J connectivity index is 1.68. The highest BCUT2D eigenvalue weighted by molar-refractivity contribution is 5.78. The molecule has 0 bridgehead atoms. The molecule has 0 radical (unpaired) electrons. The van der Waals surface area contributed by atoms with Gasteiger partial charge in [-0.25, -0.2) is 4.79 Å². The van der Waals surface area contributed by atoms with Crippen molar-refractivity contribution in [3.8, 4) is 0 Å². The zero-order chi connectivity index (χ0) is 19.4. The molecule has 0 saturated carbocycles. The number of hydrogen-bond donors (Lipinski definition) is 2. The van der Waals surface area contributed by atoms with E-state index in [0.717, 1.165) is 42.3 Å². The second-order valence-corrected chi connectivity index (χ2v) is 8.21. The molecule has 1 aromatic carbocycles. The van der Waals surface area contributed by atoms with Gasteiger partial charge in [0.15, 0.2) is 0 Å². The van der Waals surface area contributed by atoms with Gasteiger partial charge in [-0.1, -0.05) is 24.6 Å². The molecule has 3 rings (SSSR count). The van der Waals surface area contributed by atoms with Crippen molar-refractivity contribution in [3.05, 3.63) is 46.2 Å². The van der Waals surface area contributed by atoms with E-state index in [9.17, 15) is 9.59 Å². The zero-order valence-electron chi connectivity index (χ0n) is 16.4. The maximum atomic E-state index is 12.5. The lowest BCUT2D eigenvalue weighted by atomic mass is 10.0. The molecule has 1 aliphatic heterocycles. The largest absolute Gasteiger partial charge is 0.444 e. The van der Waals surface area contributed by atoms with Crippen LogP contribution >= 0.6 is 0 Å². The Labute approximate surface area is 159 Å². The highest BCUT2D eigenvalue weighted by Gasteiger charge is 2.25. The van der Waals surface area contributed by atoms with Gasteiger partial charge >= 0.3 is 6.09 Å². The smallest absolute Gasteiger partial charge is 0.407 e. The van der Waals surface area contributed by atoms with Crippen LogP contribution in [0, 0.1) is 0 Å². The molecule has 2 heterocycles. The molecule has 1 amide bonds. The van der Waals surface area contributed by atoms with E-state index in [4.69, 9.17) is 4.74 Å². The van der Waals surface area contributed by atoms with Gasteiger partial charge in [0.1, 0.15) is 5.60 Å². The van der Waals surface area contributed by atoms with Crippen LogP contribution in [0.2, 0.25) is 0 Å². The molecule has 2 N–H and O–H groups in total. The van der Waals surface area contributed by atoms with Crippen LogP contribution in [-0.4, -0.2) is 40.7 Å². The number of H-pyrrole nitrogens is 1. The Morgan fingerprint density at radius 2 is 2.07 bits per heavy atom. The number of nitrogens with zero attached hydrogens (tertiary/aromatic N) is 1. The van der Waals surface area contributed by atoms with Gasteiger partial charge in [0.05, 0.1) is 0 Å². The van der Waals surface area contributed by atoms with Crippen LogP contribution in [0.15, 0.2) is 35.1 Å². The molecule has 146 valence electrons. The van der Waals surface area contributed by atoms with Crippen molar-refractivity contribution < 1.29 is 9.53 Å². The maximum absolute atomic E-state index is 12.5. The number of carbonyl (C=O) groups is 1. The summed E-state index contributed by atoms with van der Waals surface area (Å²) in [5, 5.41) is 3.91. The van der Waals surface area contributed by atoms with E-state index < -0.39 is 11.7 Å². The first-order valence-corrected chi connectivity index (χ1v) is 9.64. The third kappa shape index (κ3) is 5.32. The van der Waals surface area contributed by atoms with Gasteiger partial charge in [0, 0.05) is 30.2 Å². The van der Waals surface area contributed by atoms with Gasteiger partial charge in [0.2, 0.25) is 0 Å². The molecule has 0 aliphatic carbocycles. The van der Waals surface area contributed by atoms with Crippen LogP contribution in [0.5, 0.6) is 0 Å². The molecular formula is C21H29N3O3. The van der Waals surface area contributed by atoms with Crippen molar-refractivity contribution in [2.75, 3.05) is 13.1 Å². The molecule has 6 nitrogen and oxygen atoms in total. The zero-order valence-corrected chi connectivity index (χ0v) is 16.4. The fraction of sp³-hybridized carbons (Fsp3) is 0.524. The minimum atomic E-state index is -0.505. The number of aromatic nitrogens is 1. The minimum Gasteiger partial charge on any atom is -0.444 e. The standard InChI is InChI=1S/C21H29N3O3/c1-21(2,3)27-20(26)22-13-17-9-6-7-11-24(17)14-16-12-15-8-4-5-10-18(15)23-19(16)25/h4-5,8,10,12,17H,6-7,9,11,13-14H2,1-3H3,(H,22,26)(H,23,25).